The molecule has 2 heterocycles. The zero-order chi connectivity index (χ0) is 15.4. The minimum atomic E-state index is -0.271. The van der Waals surface area contributed by atoms with Crippen LogP contribution < -0.4 is 5.32 Å². The zero-order valence-corrected chi connectivity index (χ0v) is 12.2. The van der Waals surface area contributed by atoms with Gasteiger partial charge in [-0.2, -0.15) is 5.10 Å². The molecule has 3 aromatic rings. The van der Waals surface area contributed by atoms with E-state index in [1.165, 1.54) is 0 Å². The molecule has 0 fully saturated rings. The molecule has 110 valence electrons. The molecule has 0 spiro atoms. The molecule has 0 aliphatic heterocycles. The summed E-state index contributed by atoms with van der Waals surface area (Å²) in [6.45, 7) is 0.360. The molecule has 0 atom stereocenters. The van der Waals surface area contributed by atoms with Crippen LogP contribution in [0, 0.1) is 0 Å². The normalized spacial score (nSPS) is 10.4. The molecule has 1 amide bonds. The number of halogens is 1. The molecule has 0 saturated carbocycles. The molecular formula is C15H12ClN5O. The minimum Gasteiger partial charge on any atom is -0.345 e. The molecule has 2 aromatic heterocycles. The van der Waals surface area contributed by atoms with Crippen molar-refractivity contribution in [3.8, 4) is 11.4 Å². The van der Waals surface area contributed by atoms with E-state index in [-0.39, 0.29) is 5.91 Å². The molecule has 1 aromatic carbocycles. The summed E-state index contributed by atoms with van der Waals surface area (Å²) in [4.78, 5) is 20.6. The van der Waals surface area contributed by atoms with E-state index in [4.69, 9.17) is 11.6 Å². The number of amides is 1. The zero-order valence-electron chi connectivity index (χ0n) is 11.5. The molecule has 0 bridgehead atoms. The predicted molar refractivity (Wildman–Crippen MR) is 82.2 cm³/mol. The van der Waals surface area contributed by atoms with Crippen molar-refractivity contribution < 1.29 is 4.79 Å². The molecule has 6 nitrogen and oxygen atoms in total. The first-order valence-electron chi connectivity index (χ1n) is 6.58. The van der Waals surface area contributed by atoms with E-state index in [9.17, 15) is 4.79 Å². The maximum Gasteiger partial charge on any atom is 0.270 e. The first kappa shape index (κ1) is 14.2. The lowest BCUT2D eigenvalue weighted by molar-refractivity contribution is 0.0945. The van der Waals surface area contributed by atoms with Crippen molar-refractivity contribution in [3.63, 3.8) is 0 Å². The Hall–Kier alpha value is -2.73. The van der Waals surface area contributed by atoms with Gasteiger partial charge in [0.05, 0.1) is 12.2 Å². The van der Waals surface area contributed by atoms with Gasteiger partial charge in [0.15, 0.2) is 5.82 Å². The quantitative estimate of drug-likeness (QED) is 0.775. The second kappa shape index (κ2) is 6.36. The van der Waals surface area contributed by atoms with Crippen LogP contribution in [0.1, 0.15) is 16.2 Å². The molecule has 0 radical (unpaired) electrons. The monoisotopic (exact) mass is 313 g/mol. The average Bonchev–Trinajstić information content (AvgIpc) is 3.07. The van der Waals surface area contributed by atoms with E-state index in [0.717, 1.165) is 11.3 Å². The SMILES string of the molecule is O=C(NCc1ccn[nH]1)c1ccnc(-c2ccc(Cl)cc2)n1. The van der Waals surface area contributed by atoms with E-state index >= 15 is 0 Å². The first-order chi connectivity index (χ1) is 10.7. The highest BCUT2D eigenvalue weighted by Gasteiger charge is 2.10. The molecule has 0 saturated heterocycles. The van der Waals surface area contributed by atoms with E-state index in [2.05, 4.69) is 25.5 Å². The summed E-state index contributed by atoms with van der Waals surface area (Å²) in [5.41, 5.74) is 1.92. The lowest BCUT2D eigenvalue weighted by Gasteiger charge is -2.05. The van der Waals surface area contributed by atoms with E-state index in [1.54, 1.807) is 36.7 Å². The molecule has 3 rings (SSSR count). The van der Waals surface area contributed by atoms with Gasteiger partial charge in [0, 0.05) is 23.0 Å². The second-order valence-corrected chi connectivity index (χ2v) is 4.97. The second-order valence-electron chi connectivity index (χ2n) is 4.54. The smallest absolute Gasteiger partial charge is 0.270 e. The number of hydrogen-bond acceptors (Lipinski definition) is 4. The van der Waals surface area contributed by atoms with Crippen LogP contribution in [0.25, 0.3) is 11.4 Å². The Morgan fingerprint density at radius 3 is 2.68 bits per heavy atom. The summed E-state index contributed by atoms with van der Waals surface area (Å²) < 4.78 is 0. The van der Waals surface area contributed by atoms with Gasteiger partial charge in [-0.1, -0.05) is 11.6 Å². The lowest BCUT2D eigenvalue weighted by atomic mass is 10.2. The summed E-state index contributed by atoms with van der Waals surface area (Å²) in [5.74, 6) is 0.207. The lowest BCUT2D eigenvalue weighted by Crippen LogP contribution is -2.24. The van der Waals surface area contributed by atoms with Crippen molar-refractivity contribution in [1.82, 2.24) is 25.5 Å². The highest BCUT2D eigenvalue weighted by molar-refractivity contribution is 6.30. The molecule has 0 aliphatic carbocycles. The molecule has 7 heteroatoms. The minimum absolute atomic E-state index is 0.271. The van der Waals surface area contributed by atoms with Gasteiger partial charge < -0.3 is 5.32 Å². The third kappa shape index (κ3) is 3.29. The fraction of sp³-hybridized carbons (Fsp3) is 0.0667. The summed E-state index contributed by atoms with van der Waals surface area (Å²) in [7, 11) is 0. The number of carbonyl (C=O) groups is 1. The third-order valence-electron chi connectivity index (χ3n) is 2.99. The number of nitrogens with zero attached hydrogens (tertiary/aromatic N) is 3. The van der Waals surface area contributed by atoms with Crippen LogP contribution in [0.4, 0.5) is 0 Å². The van der Waals surface area contributed by atoms with Crippen LogP contribution in [0.2, 0.25) is 5.02 Å². The Morgan fingerprint density at radius 1 is 1.14 bits per heavy atom. The maximum absolute atomic E-state index is 12.1. The van der Waals surface area contributed by atoms with Crippen molar-refractivity contribution >= 4 is 17.5 Å². The van der Waals surface area contributed by atoms with Gasteiger partial charge in [0.2, 0.25) is 0 Å². The Kier molecular flexibility index (Phi) is 4.11. The summed E-state index contributed by atoms with van der Waals surface area (Å²) >= 11 is 5.86. The van der Waals surface area contributed by atoms with Crippen molar-refractivity contribution in [2.45, 2.75) is 6.54 Å². The van der Waals surface area contributed by atoms with Crippen molar-refractivity contribution in [2.75, 3.05) is 0 Å². The van der Waals surface area contributed by atoms with Crippen molar-refractivity contribution in [2.24, 2.45) is 0 Å². The Morgan fingerprint density at radius 2 is 1.95 bits per heavy atom. The fourth-order valence-corrected chi connectivity index (χ4v) is 2.00. The van der Waals surface area contributed by atoms with Gasteiger partial charge in [-0.15, -0.1) is 0 Å². The Balaban J connectivity index is 1.75. The molecule has 22 heavy (non-hydrogen) atoms. The van der Waals surface area contributed by atoms with Crippen LogP contribution in [-0.4, -0.2) is 26.1 Å². The standard InChI is InChI=1S/C15H12ClN5O/c16-11-3-1-10(2-4-11)14-17-7-6-13(20-14)15(22)18-9-12-5-8-19-21-12/h1-8H,9H2,(H,18,22)(H,19,21). The van der Waals surface area contributed by atoms with Gasteiger partial charge in [-0.3, -0.25) is 9.89 Å². The van der Waals surface area contributed by atoms with E-state index in [1.807, 2.05) is 12.1 Å². The van der Waals surface area contributed by atoms with Crippen molar-refractivity contribution in [1.29, 1.82) is 0 Å². The van der Waals surface area contributed by atoms with Crippen LogP contribution in [-0.2, 0) is 6.54 Å². The average molecular weight is 314 g/mol. The first-order valence-corrected chi connectivity index (χ1v) is 6.95. The molecule has 0 aliphatic rings. The predicted octanol–water partition coefficient (Wildman–Crippen LogP) is 2.45. The van der Waals surface area contributed by atoms with Crippen molar-refractivity contribution in [3.05, 3.63) is 65.2 Å². The fourth-order valence-electron chi connectivity index (χ4n) is 1.87. The topological polar surface area (TPSA) is 83.6 Å². The largest absolute Gasteiger partial charge is 0.345 e. The van der Waals surface area contributed by atoms with Crippen LogP contribution in [0.3, 0.4) is 0 Å². The van der Waals surface area contributed by atoms with Crippen LogP contribution in [0.5, 0.6) is 0 Å². The summed E-state index contributed by atoms with van der Waals surface area (Å²) in [5, 5.41) is 10.0. The van der Waals surface area contributed by atoms with E-state index < -0.39 is 0 Å². The number of aromatic nitrogens is 4. The summed E-state index contributed by atoms with van der Waals surface area (Å²) in [6.07, 6.45) is 3.19. The number of nitrogens with one attached hydrogen (secondary N) is 2. The molecule has 0 unspecified atom stereocenters. The van der Waals surface area contributed by atoms with Gasteiger partial charge in [-0.05, 0) is 36.4 Å². The number of carbonyl (C=O) groups excluding carboxylic acids is 1. The number of aromatic amines is 1. The number of benzene rings is 1. The van der Waals surface area contributed by atoms with Gasteiger partial charge in [0.1, 0.15) is 5.69 Å². The third-order valence-corrected chi connectivity index (χ3v) is 3.24. The number of rotatable bonds is 4. The van der Waals surface area contributed by atoms with Gasteiger partial charge in [0.25, 0.3) is 5.91 Å². The van der Waals surface area contributed by atoms with E-state index in [0.29, 0.717) is 23.1 Å². The maximum atomic E-state index is 12.1. The number of H-pyrrole nitrogens is 1. The highest BCUT2D eigenvalue weighted by Crippen LogP contribution is 2.17. The Bertz CT molecular complexity index is 771. The molecular weight excluding hydrogens is 302 g/mol. The number of hydrogen-bond donors (Lipinski definition) is 2. The Labute approximate surface area is 131 Å². The highest BCUT2D eigenvalue weighted by atomic mass is 35.5. The van der Waals surface area contributed by atoms with Crippen LogP contribution in [0.15, 0.2) is 48.8 Å². The van der Waals surface area contributed by atoms with Gasteiger partial charge >= 0.3 is 0 Å². The van der Waals surface area contributed by atoms with Crippen LogP contribution >= 0.6 is 11.6 Å². The molecule has 2 N–H and O–H groups in total. The van der Waals surface area contributed by atoms with Gasteiger partial charge in [-0.25, -0.2) is 9.97 Å². The summed E-state index contributed by atoms with van der Waals surface area (Å²) in [6, 6.07) is 10.5.